The maximum Gasteiger partial charge on any atom is -0.00489 e. The monoisotopic (exact) mass is 492 g/mol. The van der Waals surface area contributed by atoms with Gasteiger partial charge in [0.2, 0.25) is 0 Å². The fraction of sp³-hybridized carbons (Fsp3) is 0.941. The predicted molar refractivity (Wildman–Crippen MR) is 163 cm³/mol. The Morgan fingerprint density at radius 3 is 0.886 bits per heavy atom. The van der Waals surface area contributed by atoms with Gasteiger partial charge in [-0.25, -0.2) is 0 Å². The van der Waals surface area contributed by atoms with E-state index in [0.717, 1.165) is 0 Å². The summed E-state index contributed by atoms with van der Waals surface area (Å²) in [6.45, 7) is 7.07. The van der Waals surface area contributed by atoms with E-state index >= 15 is 0 Å². The second-order valence-electron chi connectivity index (χ2n) is 11.3. The summed E-state index contributed by atoms with van der Waals surface area (Å²) in [5, 5.41) is 3.67. The van der Waals surface area contributed by atoms with E-state index in [1.165, 1.54) is 193 Å². The minimum absolute atomic E-state index is 1.24. The number of allylic oxidation sites excluding steroid dienone is 2. The zero-order valence-corrected chi connectivity index (χ0v) is 24.9. The van der Waals surface area contributed by atoms with Crippen molar-refractivity contribution in [1.29, 1.82) is 0 Å². The van der Waals surface area contributed by atoms with Gasteiger partial charge in [-0.3, -0.25) is 0 Å². The predicted octanol–water partition coefficient (Wildman–Crippen LogP) is 12.1. The molecule has 1 nitrogen and oxygen atoms in total. The lowest BCUT2D eigenvalue weighted by Crippen LogP contribution is -2.16. The van der Waals surface area contributed by atoms with Crippen LogP contribution in [0.5, 0.6) is 0 Å². The van der Waals surface area contributed by atoms with Gasteiger partial charge in [-0.05, 0) is 51.6 Å². The lowest BCUT2D eigenvalue weighted by atomic mass is 10.0. The molecule has 0 saturated carbocycles. The van der Waals surface area contributed by atoms with Gasteiger partial charge in [0.1, 0.15) is 0 Å². The van der Waals surface area contributed by atoms with Crippen molar-refractivity contribution in [3.05, 3.63) is 12.2 Å². The fourth-order valence-electron chi connectivity index (χ4n) is 5.07. The second kappa shape index (κ2) is 33.7. The molecule has 35 heavy (non-hydrogen) atoms. The third-order valence-corrected chi connectivity index (χ3v) is 7.57. The highest BCUT2D eigenvalue weighted by atomic mass is 14.8. The highest BCUT2D eigenvalue weighted by molar-refractivity contribution is 4.81. The van der Waals surface area contributed by atoms with Crippen LogP contribution < -0.4 is 5.32 Å². The molecule has 0 aliphatic rings. The Labute approximate surface area is 224 Å². The minimum Gasteiger partial charge on any atom is -0.317 e. The molecule has 1 heteroatoms. The summed E-state index contributed by atoms with van der Waals surface area (Å²) in [6, 6.07) is 0. The number of hydrogen-bond donors (Lipinski definition) is 1. The summed E-state index contributed by atoms with van der Waals surface area (Å²) in [5.41, 5.74) is 0. The van der Waals surface area contributed by atoms with Gasteiger partial charge in [0.05, 0.1) is 0 Å². The van der Waals surface area contributed by atoms with Gasteiger partial charge in [0.15, 0.2) is 0 Å². The second-order valence-corrected chi connectivity index (χ2v) is 11.3. The van der Waals surface area contributed by atoms with Crippen LogP contribution in [0.1, 0.15) is 194 Å². The molecule has 0 amide bonds. The Morgan fingerprint density at radius 1 is 0.314 bits per heavy atom. The molecule has 0 saturated heterocycles. The topological polar surface area (TPSA) is 12.0 Å². The highest BCUT2D eigenvalue weighted by Gasteiger charge is 1.95. The molecule has 0 aromatic carbocycles. The third-order valence-electron chi connectivity index (χ3n) is 7.57. The Hall–Kier alpha value is -0.300. The van der Waals surface area contributed by atoms with E-state index in [9.17, 15) is 0 Å². The highest BCUT2D eigenvalue weighted by Crippen LogP contribution is 2.13. The van der Waals surface area contributed by atoms with E-state index < -0.39 is 0 Å². The zero-order chi connectivity index (χ0) is 25.3. The van der Waals surface area contributed by atoms with Gasteiger partial charge in [-0.15, -0.1) is 0 Å². The molecule has 0 aliphatic heterocycles. The molecule has 0 bridgehead atoms. The smallest absolute Gasteiger partial charge is 0.00489 e. The average Bonchev–Trinajstić information content (AvgIpc) is 2.87. The van der Waals surface area contributed by atoms with E-state index in [4.69, 9.17) is 0 Å². The van der Waals surface area contributed by atoms with Crippen molar-refractivity contribution in [2.75, 3.05) is 13.1 Å². The van der Waals surface area contributed by atoms with Crippen LogP contribution in [0, 0.1) is 0 Å². The van der Waals surface area contributed by atoms with Gasteiger partial charge < -0.3 is 5.32 Å². The molecule has 0 spiro atoms. The van der Waals surface area contributed by atoms with Gasteiger partial charge >= 0.3 is 0 Å². The fourth-order valence-corrected chi connectivity index (χ4v) is 5.07. The quantitative estimate of drug-likeness (QED) is 0.0750. The molecule has 0 aromatic rings. The first-order chi connectivity index (χ1) is 17.4. The average molecular weight is 492 g/mol. The number of nitrogens with one attached hydrogen (secondary N) is 1. The van der Waals surface area contributed by atoms with Crippen molar-refractivity contribution in [3.63, 3.8) is 0 Å². The van der Waals surface area contributed by atoms with Crippen LogP contribution in [0.25, 0.3) is 0 Å². The lowest BCUT2D eigenvalue weighted by molar-refractivity contribution is 0.523. The summed E-state index contributed by atoms with van der Waals surface area (Å²) in [7, 11) is 0. The molecular formula is C34H69N. The van der Waals surface area contributed by atoms with Crippen molar-refractivity contribution >= 4 is 0 Å². The third kappa shape index (κ3) is 33.7. The van der Waals surface area contributed by atoms with Crippen molar-refractivity contribution in [1.82, 2.24) is 5.32 Å². The van der Waals surface area contributed by atoms with Crippen LogP contribution in [-0.2, 0) is 0 Å². The molecule has 1 N–H and O–H groups in total. The van der Waals surface area contributed by atoms with Gasteiger partial charge in [-0.1, -0.05) is 167 Å². The van der Waals surface area contributed by atoms with Crippen LogP contribution >= 0.6 is 0 Å². The largest absolute Gasteiger partial charge is 0.317 e. The minimum atomic E-state index is 1.24. The Bertz CT molecular complexity index is 375. The molecule has 0 radical (unpaired) electrons. The van der Waals surface area contributed by atoms with Crippen LogP contribution in [0.4, 0.5) is 0 Å². The molecule has 0 rings (SSSR count). The van der Waals surface area contributed by atoms with Crippen molar-refractivity contribution in [2.45, 2.75) is 194 Å². The summed E-state index contributed by atoms with van der Waals surface area (Å²) in [4.78, 5) is 0. The van der Waals surface area contributed by atoms with Crippen molar-refractivity contribution in [3.8, 4) is 0 Å². The van der Waals surface area contributed by atoms with E-state index in [0.29, 0.717) is 0 Å². The van der Waals surface area contributed by atoms with Crippen molar-refractivity contribution in [2.24, 2.45) is 0 Å². The molecule has 210 valence electrons. The summed E-state index contributed by atoms with van der Waals surface area (Å²) in [5.74, 6) is 0. The normalized spacial score (nSPS) is 11.7. The van der Waals surface area contributed by atoms with E-state index in [1.807, 2.05) is 0 Å². The first-order valence-corrected chi connectivity index (χ1v) is 16.8. The van der Waals surface area contributed by atoms with Crippen LogP contribution in [0.15, 0.2) is 12.2 Å². The standard InChI is InChI=1S/C34H69N/c1-3-5-7-9-11-13-15-17-19-20-22-24-26-28-30-32-34-35-33-31-29-27-25-23-21-18-16-14-12-10-8-6-4-2/h17,19,35H,3-16,18,20-34H2,1-2H3. The van der Waals surface area contributed by atoms with Crippen LogP contribution in [0.2, 0.25) is 0 Å². The molecule has 0 atom stereocenters. The van der Waals surface area contributed by atoms with E-state index in [-0.39, 0.29) is 0 Å². The number of unbranched alkanes of at least 4 members (excludes halogenated alkanes) is 25. The van der Waals surface area contributed by atoms with Gasteiger partial charge in [0, 0.05) is 0 Å². The van der Waals surface area contributed by atoms with Gasteiger partial charge in [-0.2, -0.15) is 0 Å². The summed E-state index contributed by atoms with van der Waals surface area (Å²) >= 11 is 0. The molecule has 0 aliphatic carbocycles. The van der Waals surface area contributed by atoms with Crippen LogP contribution in [-0.4, -0.2) is 13.1 Å². The Kier molecular flexibility index (Phi) is 33.4. The molecule has 0 aromatic heterocycles. The summed E-state index contributed by atoms with van der Waals surface area (Å²) in [6.07, 6.45) is 44.8. The van der Waals surface area contributed by atoms with Crippen molar-refractivity contribution < 1.29 is 0 Å². The number of rotatable bonds is 31. The molecule has 0 unspecified atom stereocenters. The maximum atomic E-state index is 3.67. The first kappa shape index (κ1) is 34.7. The molecule has 0 heterocycles. The van der Waals surface area contributed by atoms with Gasteiger partial charge in [0.25, 0.3) is 0 Å². The van der Waals surface area contributed by atoms with Crippen LogP contribution in [0.3, 0.4) is 0 Å². The number of hydrogen-bond acceptors (Lipinski definition) is 1. The maximum absolute atomic E-state index is 3.67. The van der Waals surface area contributed by atoms with E-state index in [2.05, 4.69) is 31.3 Å². The molecular weight excluding hydrogens is 422 g/mol. The summed E-state index contributed by atoms with van der Waals surface area (Å²) < 4.78 is 0. The Morgan fingerprint density at radius 2 is 0.571 bits per heavy atom. The first-order valence-electron chi connectivity index (χ1n) is 16.8. The SMILES string of the molecule is CCCCCCCCC=CCCCCCCCCNCCCCCCCCCCCCCCCC. The molecule has 0 fully saturated rings. The zero-order valence-electron chi connectivity index (χ0n) is 24.9. The van der Waals surface area contributed by atoms with E-state index in [1.54, 1.807) is 0 Å². The Balaban J connectivity index is 3.05. The lowest BCUT2D eigenvalue weighted by Gasteiger charge is -2.05.